The number of nitrogens with zero attached hydrogens (tertiary/aromatic N) is 6. The molecule has 7 nitrogen and oxygen atoms in total. The lowest BCUT2D eigenvalue weighted by atomic mass is 10.3. The lowest BCUT2D eigenvalue weighted by Gasteiger charge is -2.35. The highest BCUT2D eigenvalue weighted by molar-refractivity contribution is 8.00. The van der Waals surface area contributed by atoms with Crippen molar-refractivity contribution in [3.63, 3.8) is 0 Å². The SMILES string of the molecule is CC.CN(C)c1cc(Nc2ccc(SC(F)(F)F)c(Cl)c2)nc(N2CCN(c3ccccn3)CC2)n1. The zero-order valence-corrected chi connectivity index (χ0v) is 22.1. The van der Waals surface area contributed by atoms with Gasteiger partial charge in [0, 0.05) is 63.1 Å². The summed E-state index contributed by atoms with van der Waals surface area (Å²) >= 11 is 5.84. The molecule has 1 fully saturated rings. The molecule has 3 aromatic rings. The minimum Gasteiger partial charge on any atom is -0.363 e. The van der Waals surface area contributed by atoms with Gasteiger partial charge < -0.3 is 20.0 Å². The fraction of sp³-hybridized carbons (Fsp3) is 0.375. The zero-order chi connectivity index (χ0) is 26.3. The molecule has 2 aromatic heterocycles. The van der Waals surface area contributed by atoms with Gasteiger partial charge in [-0.15, -0.1) is 0 Å². The van der Waals surface area contributed by atoms with Crippen LogP contribution in [-0.2, 0) is 0 Å². The molecule has 0 unspecified atom stereocenters. The fourth-order valence-electron chi connectivity index (χ4n) is 3.47. The molecule has 0 spiro atoms. The van der Waals surface area contributed by atoms with Gasteiger partial charge in [0.25, 0.3) is 0 Å². The number of piperazine rings is 1. The van der Waals surface area contributed by atoms with Gasteiger partial charge in [-0.05, 0) is 42.1 Å². The number of benzene rings is 1. The Morgan fingerprint density at radius 2 is 1.67 bits per heavy atom. The summed E-state index contributed by atoms with van der Waals surface area (Å²) < 4.78 is 38.1. The Bertz CT molecular complexity index is 1120. The second-order valence-electron chi connectivity index (χ2n) is 7.79. The molecule has 12 heteroatoms. The Morgan fingerprint density at radius 1 is 0.972 bits per heavy atom. The number of anilines is 5. The van der Waals surface area contributed by atoms with E-state index in [-0.39, 0.29) is 21.7 Å². The third-order valence-corrected chi connectivity index (χ3v) is 6.36. The lowest BCUT2D eigenvalue weighted by molar-refractivity contribution is -0.0328. The first kappa shape index (κ1) is 27.7. The lowest BCUT2D eigenvalue weighted by Crippen LogP contribution is -2.47. The van der Waals surface area contributed by atoms with Crippen LogP contribution in [0.5, 0.6) is 0 Å². The van der Waals surface area contributed by atoms with E-state index in [0.717, 1.165) is 32.0 Å². The van der Waals surface area contributed by atoms with E-state index in [4.69, 9.17) is 11.6 Å². The molecule has 36 heavy (non-hydrogen) atoms. The van der Waals surface area contributed by atoms with Crippen molar-refractivity contribution in [3.05, 3.63) is 53.7 Å². The third-order valence-electron chi connectivity index (χ3n) is 5.12. The van der Waals surface area contributed by atoms with Crippen molar-refractivity contribution in [2.75, 3.05) is 60.3 Å². The second-order valence-corrected chi connectivity index (χ2v) is 9.30. The number of rotatable bonds is 6. The van der Waals surface area contributed by atoms with Gasteiger partial charge in [-0.1, -0.05) is 31.5 Å². The Labute approximate surface area is 218 Å². The van der Waals surface area contributed by atoms with Crippen molar-refractivity contribution < 1.29 is 13.2 Å². The molecule has 1 saturated heterocycles. The number of nitrogens with one attached hydrogen (secondary N) is 1. The topological polar surface area (TPSA) is 60.4 Å². The van der Waals surface area contributed by atoms with Crippen LogP contribution in [-0.4, -0.2) is 60.7 Å². The Morgan fingerprint density at radius 3 is 2.25 bits per heavy atom. The zero-order valence-electron chi connectivity index (χ0n) is 20.6. The molecule has 3 heterocycles. The van der Waals surface area contributed by atoms with E-state index in [1.54, 1.807) is 18.3 Å². The number of aromatic nitrogens is 3. The van der Waals surface area contributed by atoms with Crippen LogP contribution in [0.1, 0.15) is 13.8 Å². The molecule has 0 bridgehead atoms. The van der Waals surface area contributed by atoms with Crippen molar-refractivity contribution in [3.8, 4) is 0 Å². The molecule has 1 aliphatic rings. The highest BCUT2D eigenvalue weighted by atomic mass is 35.5. The molecular formula is C24H29ClF3N7S. The summed E-state index contributed by atoms with van der Waals surface area (Å²) in [4.78, 5) is 19.9. The maximum absolute atomic E-state index is 12.7. The highest BCUT2D eigenvalue weighted by Gasteiger charge is 2.30. The smallest absolute Gasteiger partial charge is 0.363 e. The van der Waals surface area contributed by atoms with Crippen LogP contribution in [0.3, 0.4) is 0 Å². The summed E-state index contributed by atoms with van der Waals surface area (Å²) in [5.41, 5.74) is -3.87. The molecule has 1 N–H and O–H groups in total. The molecule has 0 amide bonds. The Kier molecular flexibility index (Phi) is 9.49. The van der Waals surface area contributed by atoms with Crippen LogP contribution in [0.4, 0.5) is 42.3 Å². The highest BCUT2D eigenvalue weighted by Crippen LogP contribution is 2.41. The monoisotopic (exact) mass is 539 g/mol. The first-order chi connectivity index (χ1) is 17.2. The largest absolute Gasteiger partial charge is 0.446 e. The predicted octanol–water partition coefficient (Wildman–Crippen LogP) is 6.30. The molecule has 194 valence electrons. The average Bonchev–Trinajstić information content (AvgIpc) is 2.87. The van der Waals surface area contributed by atoms with Gasteiger partial charge in [0.2, 0.25) is 5.95 Å². The summed E-state index contributed by atoms with van der Waals surface area (Å²) in [7, 11) is 3.77. The normalized spacial score (nSPS) is 13.7. The van der Waals surface area contributed by atoms with Crippen molar-refractivity contribution in [2.24, 2.45) is 0 Å². The average molecular weight is 540 g/mol. The second kappa shape index (κ2) is 12.4. The summed E-state index contributed by atoms with van der Waals surface area (Å²) in [5, 5.41) is 3.16. The third kappa shape index (κ3) is 7.54. The minimum absolute atomic E-state index is 0.0140. The van der Waals surface area contributed by atoms with E-state index >= 15 is 0 Å². The van der Waals surface area contributed by atoms with Crippen molar-refractivity contribution >= 4 is 52.5 Å². The van der Waals surface area contributed by atoms with Crippen LogP contribution in [0.15, 0.2) is 53.6 Å². The number of alkyl halides is 3. The quantitative estimate of drug-likeness (QED) is 0.366. The maximum Gasteiger partial charge on any atom is 0.446 e. The summed E-state index contributed by atoms with van der Waals surface area (Å²) in [5.74, 6) is 2.74. The minimum atomic E-state index is -4.40. The molecule has 0 saturated carbocycles. The van der Waals surface area contributed by atoms with E-state index in [1.807, 2.05) is 51.0 Å². The van der Waals surface area contributed by atoms with Gasteiger partial charge in [-0.2, -0.15) is 23.1 Å². The van der Waals surface area contributed by atoms with Crippen molar-refractivity contribution in [1.82, 2.24) is 15.0 Å². The van der Waals surface area contributed by atoms with Crippen LogP contribution < -0.4 is 20.0 Å². The first-order valence-corrected chi connectivity index (χ1v) is 12.7. The predicted molar refractivity (Wildman–Crippen MR) is 143 cm³/mol. The van der Waals surface area contributed by atoms with Gasteiger partial charge in [0.05, 0.1) is 5.02 Å². The summed E-state index contributed by atoms with van der Waals surface area (Å²) in [6.45, 7) is 7.01. The number of thioether (sulfide) groups is 1. The van der Waals surface area contributed by atoms with Crippen LogP contribution in [0.2, 0.25) is 5.02 Å². The van der Waals surface area contributed by atoms with E-state index in [1.165, 1.54) is 12.1 Å². The Hall–Kier alpha value is -2.92. The fourth-order valence-corrected chi connectivity index (χ4v) is 4.31. The molecule has 1 aliphatic heterocycles. The molecule has 0 aliphatic carbocycles. The van der Waals surface area contributed by atoms with E-state index in [0.29, 0.717) is 23.3 Å². The van der Waals surface area contributed by atoms with Crippen molar-refractivity contribution in [2.45, 2.75) is 24.3 Å². The number of hydrogen-bond acceptors (Lipinski definition) is 8. The van der Waals surface area contributed by atoms with Gasteiger partial charge in [-0.3, -0.25) is 0 Å². The van der Waals surface area contributed by atoms with Crippen LogP contribution >= 0.6 is 23.4 Å². The standard InChI is InChI=1S/C22H23ClF3N7S.C2H6/c1-31(2)20-14-18(28-15-6-7-17(16(23)13-15)34-22(24,25)26)29-21(30-20)33-11-9-32(10-12-33)19-5-3-4-8-27-19;1-2/h3-8,13-14H,9-12H2,1-2H3,(H,28,29,30);1-2H3. The van der Waals surface area contributed by atoms with Crippen molar-refractivity contribution in [1.29, 1.82) is 0 Å². The number of halogens is 4. The summed E-state index contributed by atoms with van der Waals surface area (Å²) in [6, 6.07) is 12.0. The molecule has 0 radical (unpaired) electrons. The van der Waals surface area contributed by atoms with Gasteiger partial charge in [0.1, 0.15) is 17.5 Å². The van der Waals surface area contributed by atoms with E-state index in [9.17, 15) is 13.2 Å². The van der Waals surface area contributed by atoms with Crippen LogP contribution in [0, 0.1) is 0 Å². The molecule has 1 aromatic carbocycles. The Balaban J connectivity index is 0.00000176. The van der Waals surface area contributed by atoms with E-state index in [2.05, 4.69) is 30.1 Å². The van der Waals surface area contributed by atoms with Crippen LogP contribution in [0.25, 0.3) is 0 Å². The van der Waals surface area contributed by atoms with Gasteiger partial charge >= 0.3 is 5.51 Å². The van der Waals surface area contributed by atoms with E-state index < -0.39 is 5.51 Å². The summed E-state index contributed by atoms with van der Waals surface area (Å²) in [6.07, 6.45) is 1.78. The van der Waals surface area contributed by atoms with Gasteiger partial charge in [-0.25, -0.2) is 4.98 Å². The molecule has 4 rings (SSSR count). The number of pyridine rings is 1. The van der Waals surface area contributed by atoms with Gasteiger partial charge in [0.15, 0.2) is 0 Å². The number of hydrogen-bond donors (Lipinski definition) is 1. The molecular weight excluding hydrogens is 511 g/mol. The first-order valence-electron chi connectivity index (χ1n) is 11.5. The molecule has 0 atom stereocenters. The maximum atomic E-state index is 12.7.